The highest BCUT2D eigenvalue weighted by atomic mass is 16.5. The molecular formula is C21H31N3O3. The van der Waals surface area contributed by atoms with Gasteiger partial charge in [0.1, 0.15) is 5.75 Å². The van der Waals surface area contributed by atoms with Gasteiger partial charge in [0.2, 0.25) is 0 Å². The van der Waals surface area contributed by atoms with Crippen LogP contribution < -0.4 is 15.4 Å². The number of piperidine rings is 1. The molecular weight excluding hydrogens is 342 g/mol. The van der Waals surface area contributed by atoms with Crippen molar-refractivity contribution in [2.24, 2.45) is 0 Å². The smallest absolute Gasteiger partial charge is 0.315 e. The summed E-state index contributed by atoms with van der Waals surface area (Å²) in [4.78, 5) is 26.7. The van der Waals surface area contributed by atoms with Gasteiger partial charge < -0.3 is 20.3 Å². The molecule has 27 heavy (non-hydrogen) atoms. The van der Waals surface area contributed by atoms with Gasteiger partial charge in [-0.25, -0.2) is 4.79 Å². The van der Waals surface area contributed by atoms with E-state index in [0.29, 0.717) is 31.3 Å². The first-order valence-corrected chi connectivity index (χ1v) is 10.2. The van der Waals surface area contributed by atoms with Crippen LogP contribution in [0.3, 0.4) is 0 Å². The lowest BCUT2D eigenvalue weighted by Crippen LogP contribution is -2.51. The van der Waals surface area contributed by atoms with Crippen LogP contribution in [0.25, 0.3) is 0 Å². The number of benzene rings is 1. The topological polar surface area (TPSA) is 70.7 Å². The molecule has 2 N–H and O–H groups in total. The number of hydrogen-bond acceptors (Lipinski definition) is 3. The van der Waals surface area contributed by atoms with Gasteiger partial charge >= 0.3 is 6.03 Å². The van der Waals surface area contributed by atoms with Crippen LogP contribution in [-0.2, 0) is 0 Å². The van der Waals surface area contributed by atoms with Crippen LogP contribution in [-0.4, -0.2) is 48.6 Å². The number of amides is 3. The second-order valence-corrected chi connectivity index (χ2v) is 7.48. The summed E-state index contributed by atoms with van der Waals surface area (Å²) in [5, 5.41) is 6.18. The average Bonchev–Trinajstić information content (AvgIpc) is 2.69. The Morgan fingerprint density at radius 3 is 2.15 bits per heavy atom. The van der Waals surface area contributed by atoms with Crippen LogP contribution in [0.5, 0.6) is 5.75 Å². The molecule has 1 aliphatic carbocycles. The van der Waals surface area contributed by atoms with Gasteiger partial charge in [0.25, 0.3) is 5.91 Å². The minimum Gasteiger partial charge on any atom is -0.494 e. The average molecular weight is 373 g/mol. The third kappa shape index (κ3) is 5.62. The number of ether oxygens (including phenoxy) is 1. The summed E-state index contributed by atoms with van der Waals surface area (Å²) < 4.78 is 5.42. The number of nitrogens with one attached hydrogen (secondary N) is 2. The molecule has 0 atom stereocenters. The molecule has 2 fully saturated rings. The van der Waals surface area contributed by atoms with E-state index in [9.17, 15) is 9.59 Å². The minimum atomic E-state index is -0.0572. The molecule has 1 aromatic rings. The molecule has 0 spiro atoms. The lowest BCUT2D eigenvalue weighted by Gasteiger charge is -2.33. The highest BCUT2D eigenvalue weighted by Gasteiger charge is 2.25. The maximum Gasteiger partial charge on any atom is 0.315 e. The standard InChI is InChI=1S/C21H31N3O3/c1-2-27-19-10-8-16(9-11-19)20(25)24-14-12-18(13-15-24)23-21(26)22-17-6-4-3-5-7-17/h8-11,17-18H,2-7,12-15H2,1H3,(H2,22,23,26). The van der Waals surface area contributed by atoms with Crippen molar-refractivity contribution in [3.8, 4) is 5.75 Å². The Morgan fingerprint density at radius 1 is 0.963 bits per heavy atom. The Morgan fingerprint density at radius 2 is 1.56 bits per heavy atom. The Bertz CT molecular complexity index is 618. The number of likely N-dealkylation sites (tertiary alicyclic amines) is 1. The van der Waals surface area contributed by atoms with E-state index >= 15 is 0 Å². The number of carbonyl (C=O) groups is 2. The Kier molecular flexibility index (Phi) is 6.96. The predicted molar refractivity (Wildman–Crippen MR) is 105 cm³/mol. The fraction of sp³-hybridized carbons (Fsp3) is 0.619. The molecule has 3 amide bonds. The monoisotopic (exact) mass is 373 g/mol. The van der Waals surface area contributed by atoms with E-state index < -0.39 is 0 Å². The summed E-state index contributed by atoms with van der Waals surface area (Å²) >= 11 is 0. The van der Waals surface area contributed by atoms with Crippen molar-refractivity contribution in [3.05, 3.63) is 29.8 Å². The van der Waals surface area contributed by atoms with Crippen molar-refractivity contribution in [2.45, 2.75) is 64.0 Å². The fourth-order valence-corrected chi connectivity index (χ4v) is 3.93. The first-order chi connectivity index (χ1) is 13.2. The van der Waals surface area contributed by atoms with Gasteiger partial charge in [0, 0.05) is 30.7 Å². The number of rotatable bonds is 5. The van der Waals surface area contributed by atoms with E-state index in [2.05, 4.69) is 10.6 Å². The van der Waals surface area contributed by atoms with Crippen molar-refractivity contribution >= 4 is 11.9 Å². The zero-order chi connectivity index (χ0) is 19.1. The third-order valence-corrected chi connectivity index (χ3v) is 5.47. The van der Waals surface area contributed by atoms with Gasteiger partial charge in [-0.05, 0) is 56.9 Å². The third-order valence-electron chi connectivity index (χ3n) is 5.47. The Balaban J connectivity index is 1.42. The predicted octanol–water partition coefficient (Wildman–Crippen LogP) is 3.32. The highest BCUT2D eigenvalue weighted by molar-refractivity contribution is 5.94. The maximum absolute atomic E-state index is 12.6. The summed E-state index contributed by atoms with van der Waals surface area (Å²) in [5.41, 5.74) is 0.680. The SMILES string of the molecule is CCOc1ccc(C(=O)N2CCC(NC(=O)NC3CCCCC3)CC2)cc1. The zero-order valence-corrected chi connectivity index (χ0v) is 16.2. The van der Waals surface area contributed by atoms with Gasteiger partial charge in [-0.1, -0.05) is 19.3 Å². The maximum atomic E-state index is 12.6. The van der Waals surface area contributed by atoms with Crippen LogP contribution in [0.15, 0.2) is 24.3 Å². The molecule has 2 aliphatic rings. The summed E-state index contributed by atoms with van der Waals surface area (Å²) in [6.45, 7) is 3.88. The summed E-state index contributed by atoms with van der Waals surface area (Å²) in [6, 6.07) is 7.70. The molecule has 1 aromatic carbocycles. The molecule has 1 heterocycles. The molecule has 0 aromatic heterocycles. The lowest BCUT2D eigenvalue weighted by molar-refractivity contribution is 0.0708. The molecule has 1 aliphatic heterocycles. The summed E-state index contributed by atoms with van der Waals surface area (Å²) in [5.74, 6) is 0.823. The quantitative estimate of drug-likeness (QED) is 0.832. The molecule has 0 unspecified atom stereocenters. The van der Waals surface area contributed by atoms with Crippen LogP contribution in [0.2, 0.25) is 0 Å². The molecule has 1 saturated heterocycles. The van der Waals surface area contributed by atoms with E-state index in [1.807, 2.05) is 36.1 Å². The number of urea groups is 1. The Hall–Kier alpha value is -2.24. The number of hydrogen-bond donors (Lipinski definition) is 2. The first-order valence-electron chi connectivity index (χ1n) is 10.2. The molecule has 6 nitrogen and oxygen atoms in total. The first kappa shape index (κ1) is 19.5. The van der Waals surface area contributed by atoms with Crippen molar-refractivity contribution in [2.75, 3.05) is 19.7 Å². The minimum absolute atomic E-state index is 0.0446. The van der Waals surface area contributed by atoms with Gasteiger partial charge in [0.05, 0.1) is 6.61 Å². The normalized spacial score (nSPS) is 18.8. The molecule has 0 radical (unpaired) electrons. The van der Waals surface area contributed by atoms with E-state index in [0.717, 1.165) is 31.4 Å². The zero-order valence-electron chi connectivity index (χ0n) is 16.2. The fourth-order valence-electron chi connectivity index (χ4n) is 3.93. The van der Waals surface area contributed by atoms with Crippen LogP contribution >= 0.6 is 0 Å². The highest BCUT2D eigenvalue weighted by Crippen LogP contribution is 2.19. The van der Waals surface area contributed by atoms with E-state index in [-0.39, 0.29) is 18.0 Å². The van der Waals surface area contributed by atoms with E-state index in [1.165, 1.54) is 19.3 Å². The Labute approximate surface area is 161 Å². The molecule has 0 bridgehead atoms. The second-order valence-electron chi connectivity index (χ2n) is 7.48. The van der Waals surface area contributed by atoms with Crippen LogP contribution in [0.1, 0.15) is 62.2 Å². The lowest BCUT2D eigenvalue weighted by atomic mass is 9.96. The van der Waals surface area contributed by atoms with E-state index in [1.54, 1.807) is 0 Å². The van der Waals surface area contributed by atoms with Gasteiger partial charge in [-0.3, -0.25) is 4.79 Å². The largest absolute Gasteiger partial charge is 0.494 e. The summed E-state index contributed by atoms with van der Waals surface area (Å²) in [6.07, 6.45) is 7.45. The summed E-state index contributed by atoms with van der Waals surface area (Å²) in [7, 11) is 0. The van der Waals surface area contributed by atoms with Crippen LogP contribution in [0.4, 0.5) is 4.79 Å². The number of carbonyl (C=O) groups excluding carboxylic acids is 2. The number of nitrogens with zero attached hydrogens (tertiary/aromatic N) is 1. The molecule has 148 valence electrons. The van der Waals surface area contributed by atoms with Crippen molar-refractivity contribution in [1.82, 2.24) is 15.5 Å². The molecule has 6 heteroatoms. The molecule has 1 saturated carbocycles. The van der Waals surface area contributed by atoms with Crippen molar-refractivity contribution < 1.29 is 14.3 Å². The molecule has 3 rings (SSSR count). The van der Waals surface area contributed by atoms with Crippen LogP contribution in [0, 0.1) is 0 Å². The van der Waals surface area contributed by atoms with Crippen molar-refractivity contribution in [3.63, 3.8) is 0 Å². The van der Waals surface area contributed by atoms with Crippen molar-refractivity contribution in [1.29, 1.82) is 0 Å². The van der Waals surface area contributed by atoms with Gasteiger partial charge in [-0.15, -0.1) is 0 Å². The second kappa shape index (κ2) is 9.62. The van der Waals surface area contributed by atoms with Gasteiger partial charge in [-0.2, -0.15) is 0 Å². The van der Waals surface area contributed by atoms with E-state index in [4.69, 9.17) is 4.74 Å². The van der Waals surface area contributed by atoms with Gasteiger partial charge in [0.15, 0.2) is 0 Å².